The first kappa shape index (κ1) is 16.5. The number of amides is 1. The highest BCUT2D eigenvalue weighted by atomic mass is 16.2. The SMILES string of the molecule is CN(Cc1n[nH]c2c1CCC2)C(=O)CCc1nc2ccccc2[nH]c1=O. The lowest BCUT2D eigenvalue weighted by Crippen LogP contribution is -2.28. The molecule has 2 aromatic heterocycles. The molecule has 0 saturated heterocycles. The van der Waals surface area contributed by atoms with Crippen molar-refractivity contribution in [3.63, 3.8) is 0 Å². The van der Waals surface area contributed by atoms with Gasteiger partial charge in [0, 0.05) is 25.6 Å². The number of hydrogen-bond acceptors (Lipinski definition) is 4. The standard InChI is InChI=1S/C19H21N5O2/c1-24(11-17-12-5-4-8-13(12)22-23-17)18(25)10-9-16-19(26)21-15-7-3-2-6-14(15)20-16/h2-3,6-7H,4-5,8-11H2,1H3,(H,21,26)(H,22,23). The Labute approximate surface area is 150 Å². The molecule has 0 bridgehead atoms. The molecule has 0 atom stereocenters. The molecule has 1 amide bonds. The van der Waals surface area contributed by atoms with Crippen LogP contribution in [0.2, 0.25) is 0 Å². The minimum absolute atomic E-state index is 0.0193. The van der Waals surface area contributed by atoms with Gasteiger partial charge in [0.05, 0.1) is 23.3 Å². The molecule has 2 N–H and O–H groups in total. The Morgan fingerprint density at radius 1 is 1.23 bits per heavy atom. The maximum atomic E-state index is 12.5. The number of para-hydroxylation sites is 2. The second kappa shape index (κ2) is 6.74. The van der Waals surface area contributed by atoms with Crippen molar-refractivity contribution in [2.75, 3.05) is 7.05 Å². The molecule has 0 unspecified atom stereocenters. The van der Waals surface area contributed by atoms with E-state index < -0.39 is 0 Å². The number of carbonyl (C=O) groups is 1. The first-order valence-electron chi connectivity index (χ1n) is 8.88. The lowest BCUT2D eigenvalue weighted by atomic mass is 10.1. The van der Waals surface area contributed by atoms with Gasteiger partial charge in [0.2, 0.25) is 5.91 Å². The molecular weight excluding hydrogens is 330 g/mol. The van der Waals surface area contributed by atoms with Gasteiger partial charge in [0.1, 0.15) is 5.69 Å². The van der Waals surface area contributed by atoms with Crippen LogP contribution in [-0.2, 0) is 30.6 Å². The first-order valence-corrected chi connectivity index (χ1v) is 8.88. The van der Waals surface area contributed by atoms with Crippen LogP contribution in [0.5, 0.6) is 0 Å². The van der Waals surface area contributed by atoms with Gasteiger partial charge >= 0.3 is 0 Å². The summed E-state index contributed by atoms with van der Waals surface area (Å²) >= 11 is 0. The number of nitrogens with one attached hydrogen (secondary N) is 2. The maximum Gasteiger partial charge on any atom is 0.270 e. The van der Waals surface area contributed by atoms with Crippen molar-refractivity contribution in [2.45, 2.75) is 38.6 Å². The lowest BCUT2D eigenvalue weighted by molar-refractivity contribution is -0.130. The van der Waals surface area contributed by atoms with E-state index in [1.54, 1.807) is 11.9 Å². The van der Waals surface area contributed by atoms with Crippen LogP contribution in [0.15, 0.2) is 29.1 Å². The van der Waals surface area contributed by atoms with Gasteiger partial charge in [0.25, 0.3) is 5.56 Å². The van der Waals surface area contributed by atoms with E-state index in [0.717, 1.165) is 30.5 Å². The van der Waals surface area contributed by atoms with E-state index in [-0.39, 0.29) is 17.9 Å². The van der Waals surface area contributed by atoms with E-state index >= 15 is 0 Å². The summed E-state index contributed by atoms with van der Waals surface area (Å²) in [4.78, 5) is 33.5. The van der Waals surface area contributed by atoms with Crippen LogP contribution in [0.25, 0.3) is 11.0 Å². The van der Waals surface area contributed by atoms with Crippen LogP contribution in [0.3, 0.4) is 0 Å². The van der Waals surface area contributed by atoms with Crippen LogP contribution in [-0.4, -0.2) is 38.0 Å². The molecule has 1 aromatic carbocycles. The third-order valence-corrected chi connectivity index (χ3v) is 4.95. The average Bonchev–Trinajstić information content (AvgIpc) is 3.24. The van der Waals surface area contributed by atoms with Gasteiger partial charge < -0.3 is 9.88 Å². The zero-order valence-corrected chi connectivity index (χ0v) is 14.7. The van der Waals surface area contributed by atoms with E-state index in [9.17, 15) is 9.59 Å². The summed E-state index contributed by atoms with van der Waals surface area (Å²) in [5.74, 6) is -0.0193. The van der Waals surface area contributed by atoms with Crippen molar-refractivity contribution in [1.29, 1.82) is 0 Å². The van der Waals surface area contributed by atoms with E-state index in [0.29, 0.717) is 24.2 Å². The minimum Gasteiger partial charge on any atom is -0.340 e. The van der Waals surface area contributed by atoms with Gasteiger partial charge in [-0.2, -0.15) is 5.10 Å². The number of aromatic amines is 2. The number of aromatic nitrogens is 4. The Morgan fingerprint density at radius 2 is 2.08 bits per heavy atom. The van der Waals surface area contributed by atoms with Gasteiger partial charge in [-0.05, 0) is 37.0 Å². The number of carbonyl (C=O) groups excluding carboxylic acids is 1. The van der Waals surface area contributed by atoms with Crippen molar-refractivity contribution >= 4 is 16.9 Å². The molecule has 4 rings (SSSR count). The summed E-state index contributed by atoms with van der Waals surface area (Å²) in [5, 5.41) is 7.41. The number of nitrogens with zero attached hydrogens (tertiary/aromatic N) is 3. The number of hydrogen-bond donors (Lipinski definition) is 2. The van der Waals surface area contributed by atoms with Crippen LogP contribution in [0.4, 0.5) is 0 Å². The monoisotopic (exact) mass is 351 g/mol. The molecular formula is C19H21N5O2. The van der Waals surface area contributed by atoms with E-state index in [4.69, 9.17) is 0 Å². The Morgan fingerprint density at radius 3 is 2.96 bits per heavy atom. The summed E-state index contributed by atoms with van der Waals surface area (Å²) < 4.78 is 0. The van der Waals surface area contributed by atoms with Crippen molar-refractivity contribution in [3.8, 4) is 0 Å². The fourth-order valence-electron chi connectivity index (χ4n) is 3.48. The summed E-state index contributed by atoms with van der Waals surface area (Å²) in [6, 6.07) is 7.39. The molecule has 1 aliphatic rings. The smallest absolute Gasteiger partial charge is 0.270 e. The Bertz CT molecular complexity index is 1020. The second-order valence-corrected chi connectivity index (χ2v) is 6.76. The fraction of sp³-hybridized carbons (Fsp3) is 0.368. The van der Waals surface area contributed by atoms with Gasteiger partial charge in [-0.1, -0.05) is 12.1 Å². The lowest BCUT2D eigenvalue weighted by Gasteiger charge is -2.16. The van der Waals surface area contributed by atoms with Crippen LogP contribution in [0.1, 0.15) is 35.5 Å². The molecule has 1 aliphatic carbocycles. The first-order chi connectivity index (χ1) is 12.6. The molecule has 0 spiro atoms. The van der Waals surface area contributed by atoms with Crippen molar-refractivity contribution in [3.05, 3.63) is 57.3 Å². The molecule has 134 valence electrons. The maximum absolute atomic E-state index is 12.5. The topological polar surface area (TPSA) is 94.7 Å². The third-order valence-electron chi connectivity index (χ3n) is 4.95. The summed E-state index contributed by atoms with van der Waals surface area (Å²) in [7, 11) is 1.77. The van der Waals surface area contributed by atoms with Crippen LogP contribution >= 0.6 is 0 Å². The van der Waals surface area contributed by atoms with E-state index in [1.807, 2.05) is 24.3 Å². The normalized spacial score (nSPS) is 13.1. The summed E-state index contributed by atoms with van der Waals surface area (Å²) in [5.41, 5.74) is 5.02. The Hall–Kier alpha value is -2.96. The van der Waals surface area contributed by atoms with Gasteiger partial charge in [-0.15, -0.1) is 0 Å². The molecule has 0 saturated carbocycles. The number of fused-ring (bicyclic) bond motifs is 2. The molecule has 26 heavy (non-hydrogen) atoms. The summed E-state index contributed by atoms with van der Waals surface area (Å²) in [6.45, 7) is 0.492. The van der Waals surface area contributed by atoms with Gasteiger partial charge in [-0.25, -0.2) is 4.98 Å². The number of benzene rings is 1. The number of H-pyrrole nitrogens is 2. The number of aryl methyl sites for hydroxylation is 2. The minimum atomic E-state index is -0.232. The zero-order valence-electron chi connectivity index (χ0n) is 14.7. The van der Waals surface area contributed by atoms with Crippen molar-refractivity contribution in [1.82, 2.24) is 25.1 Å². The second-order valence-electron chi connectivity index (χ2n) is 6.76. The van der Waals surface area contributed by atoms with E-state index in [1.165, 1.54) is 11.3 Å². The molecule has 0 aliphatic heterocycles. The fourth-order valence-corrected chi connectivity index (χ4v) is 3.48. The average molecular weight is 351 g/mol. The highest BCUT2D eigenvalue weighted by Crippen LogP contribution is 2.23. The van der Waals surface area contributed by atoms with Gasteiger partial charge in [0.15, 0.2) is 0 Å². The van der Waals surface area contributed by atoms with Crippen LogP contribution < -0.4 is 5.56 Å². The molecule has 0 fully saturated rings. The Kier molecular flexibility index (Phi) is 4.28. The molecule has 7 heteroatoms. The highest BCUT2D eigenvalue weighted by molar-refractivity contribution is 5.76. The molecule has 2 heterocycles. The molecule has 3 aromatic rings. The van der Waals surface area contributed by atoms with Crippen molar-refractivity contribution in [2.24, 2.45) is 0 Å². The van der Waals surface area contributed by atoms with Crippen molar-refractivity contribution < 1.29 is 4.79 Å². The molecule has 7 nitrogen and oxygen atoms in total. The predicted octanol–water partition coefficient (Wildman–Crippen LogP) is 1.73. The predicted molar refractivity (Wildman–Crippen MR) is 97.8 cm³/mol. The molecule has 0 radical (unpaired) electrons. The van der Waals surface area contributed by atoms with Crippen LogP contribution in [0, 0.1) is 0 Å². The number of rotatable bonds is 5. The quantitative estimate of drug-likeness (QED) is 0.732. The zero-order chi connectivity index (χ0) is 18.1. The third kappa shape index (κ3) is 3.12. The largest absolute Gasteiger partial charge is 0.340 e. The highest BCUT2D eigenvalue weighted by Gasteiger charge is 2.20. The summed E-state index contributed by atoms with van der Waals surface area (Å²) in [6.07, 6.45) is 3.78. The Balaban J connectivity index is 1.41. The van der Waals surface area contributed by atoms with E-state index in [2.05, 4.69) is 20.2 Å². The van der Waals surface area contributed by atoms with Gasteiger partial charge in [-0.3, -0.25) is 14.7 Å².